The summed E-state index contributed by atoms with van der Waals surface area (Å²) in [6, 6.07) is 9.25. The van der Waals surface area contributed by atoms with Crippen LogP contribution in [0.25, 0.3) is 0 Å². The van der Waals surface area contributed by atoms with E-state index in [1.54, 1.807) is 18.2 Å². The minimum absolute atomic E-state index is 0.117. The predicted octanol–water partition coefficient (Wildman–Crippen LogP) is 4.14. The Kier molecular flexibility index (Phi) is 5.15. The topological polar surface area (TPSA) is 23.5 Å². The average Bonchev–Trinajstić information content (AvgIpc) is 2.48. The van der Waals surface area contributed by atoms with Crippen LogP contribution in [0.15, 0.2) is 36.4 Å². The van der Waals surface area contributed by atoms with Gasteiger partial charge in [0, 0.05) is 23.8 Å². The van der Waals surface area contributed by atoms with E-state index in [1.165, 1.54) is 6.07 Å². The molecule has 5 heteroatoms. The molecule has 2 aromatic rings. The van der Waals surface area contributed by atoms with Crippen LogP contribution in [-0.4, -0.2) is 11.7 Å². The van der Waals surface area contributed by atoms with Gasteiger partial charge in [-0.1, -0.05) is 23.7 Å². The summed E-state index contributed by atoms with van der Waals surface area (Å²) in [6.07, 6.45) is 0. The molecule has 0 fully saturated rings. The van der Waals surface area contributed by atoms with Crippen LogP contribution in [0.1, 0.15) is 18.1 Å². The van der Waals surface area contributed by atoms with Crippen molar-refractivity contribution in [2.75, 3.05) is 11.4 Å². The molecule has 1 N–H and O–H groups in total. The van der Waals surface area contributed by atoms with Crippen LogP contribution in [0, 0.1) is 11.6 Å². The standard InChI is InChI=1S/C16H16ClF2NO/c1-2-20(9-11-3-6-15(18)16(19)7-11)13-5-4-12(10-21)14(17)8-13/h3-8,21H,2,9-10H2,1H3. The number of halogens is 3. The van der Waals surface area contributed by atoms with Crippen LogP contribution < -0.4 is 4.90 Å². The fraction of sp³-hybridized carbons (Fsp3) is 0.250. The Morgan fingerprint density at radius 3 is 2.43 bits per heavy atom. The van der Waals surface area contributed by atoms with Gasteiger partial charge in [-0.05, 0) is 42.3 Å². The SMILES string of the molecule is CCN(Cc1ccc(F)c(F)c1)c1ccc(CO)c(Cl)c1. The number of aliphatic hydroxyl groups excluding tert-OH is 1. The molecule has 2 nitrogen and oxygen atoms in total. The summed E-state index contributed by atoms with van der Waals surface area (Å²) in [5, 5.41) is 9.61. The zero-order valence-corrected chi connectivity index (χ0v) is 12.4. The maximum absolute atomic E-state index is 13.3. The lowest BCUT2D eigenvalue weighted by Gasteiger charge is -2.24. The maximum atomic E-state index is 13.3. The van der Waals surface area contributed by atoms with Gasteiger partial charge in [-0.3, -0.25) is 0 Å². The highest BCUT2D eigenvalue weighted by Crippen LogP contribution is 2.25. The fourth-order valence-electron chi connectivity index (χ4n) is 2.11. The Labute approximate surface area is 127 Å². The highest BCUT2D eigenvalue weighted by atomic mass is 35.5. The maximum Gasteiger partial charge on any atom is 0.159 e. The second kappa shape index (κ2) is 6.87. The number of anilines is 1. The van der Waals surface area contributed by atoms with Gasteiger partial charge in [0.25, 0.3) is 0 Å². The molecule has 0 aliphatic heterocycles. The molecular formula is C16H16ClF2NO. The van der Waals surface area contributed by atoms with Crippen molar-refractivity contribution >= 4 is 17.3 Å². The molecule has 0 amide bonds. The molecular weight excluding hydrogens is 296 g/mol. The first-order valence-electron chi connectivity index (χ1n) is 6.63. The molecule has 0 radical (unpaired) electrons. The van der Waals surface area contributed by atoms with Gasteiger partial charge in [-0.15, -0.1) is 0 Å². The fourth-order valence-corrected chi connectivity index (χ4v) is 2.34. The lowest BCUT2D eigenvalue weighted by Crippen LogP contribution is -2.22. The van der Waals surface area contributed by atoms with Crippen molar-refractivity contribution in [2.24, 2.45) is 0 Å². The number of hydrogen-bond acceptors (Lipinski definition) is 2. The van der Waals surface area contributed by atoms with Crippen LogP contribution in [0.2, 0.25) is 5.02 Å². The molecule has 0 saturated carbocycles. The predicted molar refractivity (Wildman–Crippen MR) is 80.5 cm³/mol. The van der Waals surface area contributed by atoms with E-state index in [4.69, 9.17) is 16.7 Å². The summed E-state index contributed by atoms with van der Waals surface area (Å²) in [6.45, 7) is 2.98. The van der Waals surface area contributed by atoms with E-state index in [-0.39, 0.29) is 6.61 Å². The summed E-state index contributed by atoms with van der Waals surface area (Å²) in [5.74, 6) is -1.70. The Bertz CT molecular complexity index is 634. The molecule has 0 unspecified atom stereocenters. The van der Waals surface area contributed by atoms with Gasteiger partial charge in [0.2, 0.25) is 0 Å². The minimum atomic E-state index is -0.850. The van der Waals surface area contributed by atoms with Gasteiger partial charge >= 0.3 is 0 Å². The Morgan fingerprint density at radius 2 is 1.86 bits per heavy atom. The molecule has 112 valence electrons. The van der Waals surface area contributed by atoms with E-state index in [0.717, 1.165) is 11.8 Å². The molecule has 0 aliphatic carbocycles. The zero-order chi connectivity index (χ0) is 15.4. The highest BCUT2D eigenvalue weighted by molar-refractivity contribution is 6.31. The van der Waals surface area contributed by atoms with Gasteiger partial charge in [0.1, 0.15) is 0 Å². The first kappa shape index (κ1) is 15.7. The van der Waals surface area contributed by atoms with Gasteiger partial charge < -0.3 is 10.0 Å². The number of benzene rings is 2. The third-order valence-electron chi connectivity index (χ3n) is 3.31. The quantitative estimate of drug-likeness (QED) is 0.897. The van der Waals surface area contributed by atoms with Crippen LogP contribution >= 0.6 is 11.6 Å². The van der Waals surface area contributed by atoms with Gasteiger partial charge in [-0.25, -0.2) is 8.78 Å². The van der Waals surface area contributed by atoms with Crippen molar-refractivity contribution in [3.8, 4) is 0 Å². The van der Waals surface area contributed by atoms with Crippen molar-refractivity contribution < 1.29 is 13.9 Å². The Balaban J connectivity index is 2.23. The molecule has 0 saturated heterocycles. The lowest BCUT2D eigenvalue weighted by atomic mass is 10.1. The normalized spacial score (nSPS) is 10.7. The molecule has 0 spiro atoms. The summed E-state index contributed by atoms with van der Waals surface area (Å²) < 4.78 is 26.2. The van der Waals surface area contributed by atoms with E-state index in [2.05, 4.69) is 0 Å². The molecule has 2 rings (SSSR count). The van der Waals surface area contributed by atoms with Crippen molar-refractivity contribution in [3.63, 3.8) is 0 Å². The molecule has 0 atom stereocenters. The van der Waals surface area contributed by atoms with Crippen LogP contribution in [0.5, 0.6) is 0 Å². The third-order valence-corrected chi connectivity index (χ3v) is 3.66. The minimum Gasteiger partial charge on any atom is -0.392 e. The van der Waals surface area contributed by atoms with E-state index >= 15 is 0 Å². The summed E-state index contributed by atoms with van der Waals surface area (Å²) in [5.41, 5.74) is 2.20. The summed E-state index contributed by atoms with van der Waals surface area (Å²) in [4.78, 5) is 1.99. The third kappa shape index (κ3) is 3.71. The molecule has 0 heterocycles. The summed E-state index contributed by atoms with van der Waals surface area (Å²) in [7, 11) is 0. The van der Waals surface area contributed by atoms with E-state index in [9.17, 15) is 8.78 Å². The highest BCUT2D eigenvalue weighted by Gasteiger charge is 2.10. The average molecular weight is 312 g/mol. The van der Waals surface area contributed by atoms with Crippen LogP contribution in [-0.2, 0) is 13.2 Å². The lowest BCUT2D eigenvalue weighted by molar-refractivity contribution is 0.282. The first-order valence-corrected chi connectivity index (χ1v) is 7.01. The largest absolute Gasteiger partial charge is 0.392 e. The molecule has 0 aliphatic rings. The van der Waals surface area contributed by atoms with Crippen molar-refractivity contribution in [1.29, 1.82) is 0 Å². The van der Waals surface area contributed by atoms with E-state index < -0.39 is 11.6 Å². The second-order valence-electron chi connectivity index (χ2n) is 4.70. The summed E-state index contributed by atoms with van der Waals surface area (Å²) >= 11 is 6.08. The van der Waals surface area contributed by atoms with E-state index in [0.29, 0.717) is 29.2 Å². The Hall–Kier alpha value is -1.65. The Morgan fingerprint density at radius 1 is 1.10 bits per heavy atom. The smallest absolute Gasteiger partial charge is 0.159 e. The van der Waals surface area contributed by atoms with Crippen molar-refractivity contribution in [1.82, 2.24) is 0 Å². The van der Waals surface area contributed by atoms with Gasteiger partial charge in [0.05, 0.1) is 6.61 Å². The molecule has 0 aromatic heterocycles. The van der Waals surface area contributed by atoms with Crippen LogP contribution in [0.3, 0.4) is 0 Å². The number of aliphatic hydroxyl groups is 1. The van der Waals surface area contributed by atoms with Gasteiger partial charge in [-0.2, -0.15) is 0 Å². The molecule has 21 heavy (non-hydrogen) atoms. The monoisotopic (exact) mass is 311 g/mol. The van der Waals surface area contributed by atoms with Gasteiger partial charge in [0.15, 0.2) is 11.6 Å². The van der Waals surface area contributed by atoms with Crippen molar-refractivity contribution in [2.45, 2.75) is 20.1 Å². The number of rotatable bonds is 5. The molecule has 0 bridgehead atoms. The first-order chi connectivity index (χ1) is 10.0. The number of nitrogens with zero attached hydrogens (tertiary/aromatic N) is 1. The van der Waals surface area contributed by atoms with Crippen molar-refractivity contribution in [3.05, 3.63) is 64.2 Å². The molecule has 2 aromatic carbocycles. The van der Waals surface area contributed by atoms with E-state index in [1.807, 2.05) is 17.9 Å². The number of hydrogen-bond donors (Lipinski definition) is 1. The zero-order valence-electron chi connectivity index (χ0n) is 11.6. The van der Waals surface area contributed by atoms with Crippen LogP contribution in [0.4, 0.5) is 14.5 Å². The second-order valence-corrected chi connectivity index (χ2v) is 5.10.